The van der Waals surface area contributed by atoms with Gasteiger partial charge in [0, 0.05) is 69.2 Å². The number of aromatic amines is 1. The van der Waals surface area contributed by atoms with Crippen molar-refractivity contribution in [3.8, 4) is 11.5 Å². The minimum atomic E-state index is 0.393. The Morgan fingerprint density at radius 3 is 2.69 bits per heavy atom. The molecular formula is C24H36N6O2. The molecule has 0 atom stereocenters. The number of H-pyrrole nitrogens is 1. The molecule has 8 nitrogen and oxygen atoms in total. The van der Waals surface area contributed by atoms with Crippen LogP contribution in [0.15, 0.2) is 29.4 Å². The van der Waals surface area contributed by atoms with Crippen LogP contribution in [-0.2, 0) is 20.0 Å². The molecule has 0 saturated carbocycles. The molecule has 2 N–H and O–H groups in total. The number of benzene rings is 1. The van der Waals surface area contributed by atoms with Gasteiger partial charge in [0.2, 0.25) is 0 Å². The fourth-order valence-corrected chi connectivity index (χ4v) is 4.02. The van der Waals surface area contributed by atoms with Crippen molar-refractivity contribution < 1.29 is 9.47 Å². The van der Waals surface area contributed by atoms with Gasteiger partial charge in [-0.3, -0.25) is 9.67 Å². The average Bonchev–Trinajstić information content (AvgIpc) is 3.35. The monoisotopic (exact) mass is 440 g/mol. The van der Waals surface area contributed by atoms with E-state index in [9.17, 15) is 0 Å². The number of aryl methyl sites for hydroxylation is 2. The molecule has 0 amide bonds. The number of methoxy groups -OCH3 is 2. The molecule has 32 heavy (non-hydrogen) atoms. The minimum absolute atomic E-state index is 0.393. The lowest BCUT2D eigenvalue weighted by molar-refractivity contribution is 0.398. The van der Waals surface area contributed by atoms with E-state index >= 15 is 0 Å². The maximum Gasteiger partial charge on any atom is 0.193 e. The lowest BCUT2D eigenvalue weighted by Gasteiger charge is -2.22. The van der Waals surface area contributed by atoms with Crippen molar-refractivity contribution in [2.45, 2.75) is 39.2 Å². The summed E-state index contributed by atoms with van der Waals surface area (Å²) < 4.78 is 12.8. The van der Waals surface area contributed by atoms with E-state index in [-0.39, 0.29) is 0 Å². The summed E-state index contributed by atoms with van der Waals surface area (Å²) in [6.45, 7) is 5.95. The van der Waals surface area contributed by atoms with Gasteiger partial charge in [-0.2, -0.15) is 5.10 Å². The molecule has 1 aromatic carbocycles. The predicted octanol–water partition coefficient (Wildman–Crippen LogP) is 3.68. The average molecular weight is 441 g/mol. The third kappa shape index (κ3) is 5.36. The molecular weight excluding hydrogens is 404 g/mol. The molecule has 0 fully saturated rings. The number of aromatic nitrogens is 3. The van der Waals surface area contributed by atoms with Crippen molar-refractivity contribution in [3.05, 3.63) is 41.3 Å². The number of nitrogens with zero attached hydrogens (tertiary/aromatic N) is 4. The van der Waals surface area contributed by atoms with E-state index in [1.54, 1.807) is 14.2 Å². The topological polar surface area (TPSA) is 79.7 Å². The smallest absolute Gasteiger partial charge is 0.193 e. The minimum Gasteiger partial charge on any atom is -0.497 e. The van der Waals surface area contributed by atoms with Crippen LogP contribution >= 0.6 is 0 Å². The molecule has 3 rings (SSSR count). The summed E-state index contributed by atoms with van der Waals surface area (Å²) in [7, 11) is 9.20. The molecule has 0 aliphatic heterocycles. The number of rotatable bonds is 9. The van der Waals surface area contributed by atoms with Gasteiger partial charge in [-0.1, -0.05) is 13.8 Å². The van der Waals surface area contributed by atoms with E-state index < -0.39 is 0 Å². The van der Waals surface area contributed by atoms with Gasteiger partial charge in [0.1, 0.15) is 11.5 Å². The summed E-state index contributed by atoms with van der Waals surface area (Å²) in [5, 5.41) is 9.16. The van der Waals surface area contributed by atoms with Gasteiger partial charge in [-0.05, 0) is 24.8 Å². The molecule has 8 heteroatoms. The molecule has 2 heterocycles. The van der Waals surface area contributed by atoms with Crippen molar-refractivity contribution in [1.82, 2.24) is 25.0 Å². The molecule has 0 saturated heterocycles. The molecule has 3 aromatic rings. The highest BCUT2D eigenvalue weighted by Gasteiger charge is 2.15. The lowest BCUT2D eigenvalue weighted by Crippen LogP contribution is -2.39. The Kier molecular flexibility index (Phi) is 7.66. The van der Waals surface area contributed by atoms with Crippen LogP contribution in [0.25, 0.3) is 10.9 Å². The second kappa shape index (κ2) is 10.4. The van der Waals surface area contributed by atoms with Gasteiger partial charge in [0.15, 0.2) is 5.96 Å². The number of fused-ring (bicyclic) bond motifs is 1. The molecule has 0 aliphatic carbocycles. The zero-order chi connectivity index (χ0) is 23.3. The second-order valence-corrected chi connectivity index (χ2v) is 8.39. The van der Waals surface area contributed by atoms with Crippen LogP contribution in [0.5, 0.6) is 11.5 Å². The number of hydrogen-bond donors (Lipinski definition) is 2. The Labute approximate surface area is 190 Å². The standard InChI is InChI=1S/C24H36N6O2/c1-16(2)23-17(15-30(5)28-23)14-29(4)24(25-3)26-10-8-9-18-11-20-21(27-18)12-19(31-6)13-22(20)32-7/h11-13,15-16,27H,8-10,14H2,1-7H3,(H,25,26). The first-order valence-electron chi connectivity index (χ1n) is 11.0. The zero-order valence-corrected chi connectivity index (χ0v) is 20.3. The maximum absolute atomic E-state index is 5.52. The SMILES string of the molecule is CN=C(NCCCc1cc2c(OC)cc(OC)cc2[nH]1)N(C)Cc1cn(C)nc1C(C)C. The number of ether oxygens (including phenoxy) is 2. The van der Waals surface area contributed by atoms with Crippen molar-refractivity contribution >= 4 is 16.9 Å². The van der Waals surface area contributed by atoms with Gasteiger partial charge in [0.25, 0.3) is 0 Å². The number of aliphatic imine (C=N–C) groups is 1. The predicted molar refractivity (Wildman–Crippen MR) is 130 cm³/mol. The fourth-order valence-electron chi connectivity index (χ4n) is 4.02. The van der Waals surface area contributed by atoms with E-state index in [0.717, 1.165) is 60.0 Å². The normalized spacial score (nSPS) is 11.9. The second-order valence-electron chi connectivity index (χ2n) is 8.39. The number of nitrogens with one attached hydrogen (secondary N) is 2. The highest BCUT2D eigenvalue weighted by molar-refractivity contribution is 5.88. The van der Waals surface area contributed by atoms with Crippen LogP contribution in [0.3, 0.4) is 0 Å². The van der Waals surface area contributed by atoms with Crippen LogP contribution in [0.2, 0.25) is 0 Å². The van der Waals surface area contributed by atoms with Gasteiger partial charge < -0.3 is 24.7 Å². The van der Waals surface area contributed by atoms with Gasteiger partial charge in [-0.25, -0.2) is 0 Å². The van der Waals surface area contributed by atoms with Crippen LogP contribution in [-0.4, -0.2) is 60.5 Å². The highest BCUT2D eigenvalue weighted by Crippen LogP contribution is 2.31. The molecule has 2 aromatic heterocycles. The summed E-state index contributed by atoms with van der Waals surface area (Å²) in [5.41, 5.74) is 4.57. The van der Waals surface area contributed by atoms with Crippen LogP contribution in [0, 0.1) is 0 Å². The van der Waals surface area contributed by atoms with Crippen molar-refractivity contribution in [2.75, 3.05) is 34.9 Å². The van der Waals surface area contributed by atoms with Crippen molar-refractivity contribution in [2.24, 2.45) is 12.0 Å². The van der Waals surface area contributed by atoms with Crippen LogP contribution < -0.4 is 14.8 Å². The third-order valence-corrected chi connectivity index (χ3v) is 5.56. The first kappa shape index (κ1) is 23.5. The Balaban J connectivity index is 1.56. The number of hydrogen-bond acceptors (Lipinski definition) is 4. The van der Waals surface area contributed by atoms with Gasteiger partial charge in [0.05, 0.1) is 25.4 Å². The van der Waals surface area contributed by atoms with Gasteiger partial charge >= 0.3 is 0 Å². The molecule has 174 valence electrons. The maximum atomic E-state index is 5.52. The summed E-state index contributed by atoms with van der Waals surface area (Å²) in [6, 6.07) is 6.07. The highest BCUT2D eigenvalue weighted by atomic mass is 16.5. The summed E-state index contributed by atoms with van der Waals surface area (Å²) in [4.78, 5) is 10.1. The lowest BCUT2D eigenvalue weighted by atomic mass is 10.1. The largest absolute Gasteiger partial charge is 0.497 e. The summed E-state index contributed by atoms with van der Waals surface area (Å²) in [6.07, 6.45) is 4.00. The summed E-state index contributed by atoms with van der Waals surface area (Å²) in [5.74, 6) is 2.87. The van der Waals surface area contributed by atoms with E-state index in [1.807, 2.05) is 30.9 Å². The molecule has 0 spiro atoms. The Morgan fingerprint density at radius 1 is 1.25 bits per heavy atom. The van der Waals surface area contributed by atoms with Crippen LogP contribution in [0.4, 0.5) is 0 Å². The molecule has 0 bridgehead atoms. The fraction of sp³-hybridized carbons (Fsp3) is 0.500. The van der Waals surface area contributed by atoms with Crippen LogP contribution in [0.1, 0.15) is 43.1 Å². The molecule has 0 unspecified atom stereocenters. The van der Waals surface area contributed by atoms with E-state index in [0.29, 0.717) is 5.92 Å². The van der Waals surface area contributed by atoms with Crippen molar-refractivity contribution in [3.63, 3.8) is 0 Å². The van der Waals surface area contributed by atoms with Crippen molar-refractivity contribution in [1.29, 1.82) is 0 Å². The number of guanidine groups is 1. The van der Waals surface area contributed by atoms with E-state index in [1.165, 1.54) is 11.3 Å². The first-order valence-corrected chi connectivity index (χ1v) is 11.0. The Morgan fingerprint density at radius 2 is 2.03 bits per heavy atom. The third-order valence-electron chi connectivity index (χ3n) is 5.56. The first-order chi connectivity index (χ1) is 15.4. The quantitative estimate of drug-likeness (QED) is 0.301. The van der Waals surface area contributed by atoms with E-state index in [2.05, 4.69) is 58.5 Å². The zero-order valence-electron chi connectivity index (χ0n) is 20.3. The van der Waals surface area contributed by atoms with Gasteiger partial charge in [-0.15, -0.1) is 0 Å². The Hall–Kier alpha value is -3.16. The van der Waals surface area contributed by atoms with E-state index in [4.69, 9.17) is 9.47 Å². The molecule has 0 radical (unpaired) electrons. The summed E-state index contributed by atoms with van der Waals surface area (Å²) >= 11 is 0. The Bertz CT molecular complexity index is 1070. The molecule has 0 aliphatic rings.